The van der Waals surface area contributed by atoms with Crippen LogP contribution in [0.15, 0.2) is 28.7 Å². The molecular formula is C15H19BrN2. The highest BCUT2D eigenvalue weighted by molar-refractivity contribution is 9.10. The Morgan fingerprint density at radius 3 is 2.78 bits per heavy atom. The fraction of sp³-hybridized carbons (Fsp3) is 0.533. The number of halogens is 1. The van der Waals surface area contributed by atoms with Crippen molar-refractivity contribution in [3.63, 3.8) is 0 Å². The topological polar surface area (TPSA) is 27.0 Å². The summed E-state index contributed by atoms with van der Waals surface area (Å²) in [5.74, 6) is 0. The Labute approximate surface area is 118 Å². The number of likely N-dealkylation sites (N-methyl/N-ethyl adjacent to an activating group) is 1. The highest BCUT2D eigenvalue weighted by atomic mass is 79.9. The van der Waals surface area contributed by atoms with E-state index < -0.39 is 0 Å². The number of hydrogen-bond acceptors (Lipinski definition) is 2. The summed E-state index contributed by atoms with van der Waals surface area (Å²) in [6.07, 6.45) is 4.40. The van der Waals surface area contributed by atoms with Gasteiger partial charge in [0.2, 0.25) is 0 Å². The van der Waals surface area contributed by atoms with Crippen molar-refractivity contribution in [2.75, 3.05) is 20.1 Å². The molecule has 96 valence electrons. The first-order chi connectivity index (χ1) is 8.63. The molecule has 0 heterocycles. The quantitative estimate of drug-likeness (QED) is 0.831. The van der Waals surface area contributed by atoms with Gasteiger partial charge in [-0.3, -0.25) is 0 Å². The standard InChI is InChI=1S/C15H19BrN2/c1-18(12-15(11-17)7-3-8-15)9-6-13-4-2-5-14(16)10-13/h2,4-5,10H,3,6-9,12H2,1H3. The average Bonchev–Trinajstić information content (AvgIpc) is 2.31. The van der Waals surface area contributed by atoms with Crippen molar-refractivity contribution in [3.8, 4) is 6.07 Å². The zero-order valence-electron chi connectivity index (χ0n) is 10.8. The fourth-order valence-electron chi connectivity index (χ4n) is 2.52. The van der Waals surface area contributed by atoms with Gasteiger partial charge in [0.05, 0.1) is 11.5 Å². The lowest BCUT2D eigenvalue weighted by molar-refractivity contribution is 0.139. The van der Waals surface area contributed by atoms with Gasteiger partial charge in [0, 0.05) is 17.6 Å². The lowest BCUT2D eigenvalue weighted by atomic mass is 9.69. The first kappa shape index (κ1) is 13.6. The predicted molar refractivity (Wildman–Crippen MR) is 77.2 cm³/mol. The van der Waals surface area contributed by atoms with E-state index in [1.54, 1.807) is 0 Å². The number of nitriles is 1. The highest BCUT2D eigenvalue weighted by Gasteiger charge is 2.37. The molecule has 0 atom stereocenters. The van der Waals surface area contributed by atoms with E-state index >= 15 is 0 Å². The Kier molecular flexibility index (Phi) is 4.42. The van der Waals surface area contributed by atoms with E-state index in [1.807, 2.05) is 6.07 Å². The minimum Gasteiger partial charge on any atom is -0.304 e. The van der Waals surface area contributed by atoms with Crippen molar-refractivity contribution in [2.45, 2.75) is 25.7 Å². The summed E-state index contributed by atoms with van der Waals surface area (Å²) in [6, 6.07) is 10.9. The second kappa shape index (κ2) is 5.86. The molecule has 0 aliphatic heterocycles. The van der Waals surface area contributed by atoms with Crippen LogP contribution in [0.2, 0.25) is 0 Å². The fourth-order valence-corrected chi connectivity index (χ4v) is 2.96. The van der Waals surface area contributed by atoms with Gasteiger partial charge >= 0.3 is 0 Å². The minimum absolute atomic E-state index is 0.0496. The smallest absolute Gasteiger partial charge is 0.0703 e. The van der Waals surface area contributed by atoms with Crippen LogP contribution in [-0.2, 0) is 6.42 Å². The van der Waals surface area contributed by atoms with E-state index in [9.17, 15) is 5.26 Å². The third-order valence-corrected chi connectivity index (χ3v) is 4.28. The van der Waals surface area contributed by atoms with Crippen molar-refractivity contribution in [3.05, 3.63) is 34.3 Å². The third-order valence-electron chi connectivity index (χ3n) is 3.79. The molecule has 0 aromatic heterocycles. The summed E-state index contributed by atoms with van der Waals surface area (Å²) in [6.45, 7) is 1.93. The second-order valence-electron chi connectivity index (χ2n) is 5.36. The number of hydrogen-bond donors (Lipinski definition) is 0. The van der Waals surface area contributed by atoms with Gasteiger partial charge in [0.25, 0.3) is 0 Å². The van der Waals surface area contributed by atoms with Gasteiger partial charge in [-0.15, -0.1) is 0 Å². The Morgan fingerprint density at radius 1 is 1.44 bits per heavy atom. The molecule has 0 saturated heterocycles. The molecule has 0 bridgehead atoms. The molecule has 1 aliphatic carbocycles. The molecule has 3 heteroatoms. The van der Waals surface area contributed by atoms with Crippen LogP contribution in [0.5, 0.6) is 0 Å². The molecule has 1 aromatic rings. The van der Waals surface area contributed by atoms with Gasteiger partial charge in [-0.2, -0.15) is 5.26 Å². The lowest BCUT2D eigenvalue weighted by Crippen LogP contribution is -2.40. The van der Waals surface area contributed by atoms with E-state index in [1.165, 1.54) is 12.0 Å². The molecule has 1 saturated carbocycles. The Morgan fingerprint density at radius 2 is 2.22 bits per heavy atom. The normalized spacial score (nSPS) is 17.2. The maximum absolute atomic E-state index is 9.22. The molecule has 18 heavy (non-hydrogen) atoms. The van der Waals surface area contributed by atoms with E-state index in [0.29, 0.717) is 0 Å². The molecule has 0 spiro atoms. The molecule has 1 aromatic carbocycles. The Balaban J connectivity index is 1.82. The molecule has 0 amide bonds. The molecule has 0 unspecified atom stereocenters. The molecule has 1 fully saturated rings. The van der Waals surface area contributed by atoms with E-state index in [-0.39, 0.29) is 5.41 Å². The van der Waals surface area contributed by atoms with Crippen molar-refractivity contribution >= 4 is 15.9 Å². The summed E-state index contributed by atoms with van der Waals surface area (Å²) in [5.41, 5.74) is 1.29. The largest absolute Gasteiger partial charge is 0.304 e. The van der Waals surface area contributed by atoms with E-state index in [0.717, 1.165) is 36.8 Å². The SMILES string of the molecule is CN(CCc1cccc(Br)c1)CC1(C#N)CCC1. The summed E-state index contributed by atoms with van der Waals surface area (Å²) >= 11 is 3.49. The molecule has 1 aliphatic rings. The van der Waals surface area contributed by atoms with Crippen LogP contribution in [0.1, 0.15) is 24.8 Å². The minimum atomic E-state index is -0.0496. The second-order valence-corrected chi connectivity index (χ2v) is 6.28. The van der Waals surface area contributed by atoms with Crippen LogP contribution in [0.25, 0.3) is 0 Å². The molecule has 0 radical (unpaired) electrons. The zero-order chi connectivity index (χ0) is 13.0. The van der Waals surface area contributed by atoms with Gasteiger partial charge in [-0.1, -0.05) is 34.5 Å². The van der Waals surface area contributed by atoms with Crippen molar-refractivity contribution in [1.82, 2.24) is 4.90 Å². The molecule has 2 rings (SSSR count). The average molecular weight is 307 g/mol. The summed E-state index contributed by atoms with van der Waals surface area (Å²) in [7, 11) is 2.12. The molecular weight excluding hydrogens is 288 g/mol. The van der Waals surface area contributed by atoms with Crippen LogP contribution in [0.4, 0.5) is 0 Å². The van der Waals surface area contributed by atoms with Gasteiger partial charge in [-0.25, -0.2) is 0 Å². The van der Waals surface area contributed by atoms with Crippen LogP contribution in [-0.4, -0.2) is 25.0 Å². The van der Waals surface area contributed by atoms with Crippen LogP contribution >= 0.6 is 15.9 Å². The number of benzene rings is 1. The zero-order valence-corrected chi connectivity index (χ0v) is 12.4. The third kappa shape index (κ3) is 3.34. The van der Waals surface area contributed by atoms with Crippen LogP contribution in [0.3, 0.4) is 0 Å². The van der Waals surface area contributed by atoms with Crippen molar-refractivity contribution in [2.24, 2.45) is 5.41 Å². The lowest BCUT2D eigenvalue weighted by Gasteiger charge is -2.38. The highest BCUT2D eigenvalue weighted by Crippen LogP contribution is 2.40. The van der Waals surface area contributed by atoms with Crippen molar-refractivity contribution in [1.29, 1.82) is 5.26 Å². The van der Waals surface area contributed by atoms with Gasteiger partial charge < -0.3 is 4.90 Å². The van der Waals surface area contributed by atoms with Gasteiger partial charge in [-0.05, 0) is 44.0 Å². The molecule has 2 nitrogen and oxygen atoms in total. The number of nitrogens with zero attached hydrogens (tertiary/aromatic N) is 2. The summed E-state index contributed by atoms with van der Waals surface area (Å²) < 4.78 is 1.13. The van der Waals surface area contributed by atoms with E-state index in [4.69, 9.17) is 0 Å². The van der Waals surface area contributed by atoms with Gasteiger partial charge in [0.1, 0.15) is 0 Å². The maximum atomic E-state index is 9.22. The first-order valence-corrected chi connectivity index (χ1v) is 7.27. The first-order valence-electron chi connectivity index (χ1n) is 6.48. The summed E-state index contributed by atoms with van der Waals surface area (Å²) in [4.78, 5) is 2.29. The van der Waals surface area contributed by atoms with Crippen LogP contribution in [0, 0.1) is 16.7 Å². The van der Waals surface area contributed by atoms with Crippen LogP contribution < -0.4 is 0 Å². The number of rotatable bonds is 5. The maximum Gasteiger partial charge on any atom is 0.0703 e. The summed E-state index contributed by atoms with van der Waals surface area (Å²) in [5, 5.41) is 9.22. The Bertz CT molecular complexity index is 446. The predicted octanol–water partition coefficient (Wildman–Crippen LogP) is 3.62. The van der Waals surface area contributed by atoms with Crippen molar-refractivity contribution < 1.29 is 0 Å². The van der Waals surface area contributed by atoms with Gasteiger partial charge in [0.15, 0.2) is 0 Å². The monoisotopic (exact) mass is 306 g/mol. The Hall–Kier alpha value is -0.850. The molecule has 0 N–H and O–H groups in total. The van der Waals surface area contributed by atoms with E-state index in [2.05, 4.69) is 52.1 Å².